The van der Waals surface area contributed by atoms with Crippen molar-refractivity contribution >= 4 is 0 Å². The summed E-state index contributed by atoms with van der Waals surface area (Å²) in [4.78, 5) is 2.68. The summed E-state index contributed by atoms with van der Waals surface area (Å²) in [6.07, 6.45) is 2.85. The predicted molar refractivity (Wildman–Crippen MR) is 83.0 cm³/mol. The van der Waals surface area contributed by atoms with Crippen molar-refractivity contribution < 1.29 is 4.74 Å². The van der Waals surface area contributed by atoms with Crippen molar-refractivity contribution in [1.82, 2.24) is 4.90 Å². The second-order valence-corrected chi connectivity index (χ2v) is 7.53. The van der Waals surface area contributed by atoms with Crippen molar-refractivity contribution in [2.75, 3.05) is 19.7 Å². The molecular weight excluding hydrogens is 246 g/mol. The fourth-order valence-electron chi connectivity index (χ4n) is 3.63. The minimum atomic E-state index is 0.375. The standard InChI is InChI=1S/C18H27NO/c1-18(2,3)17-12-14-11-15(14)13-19(17)9-10-20-16-7-5-4-6-8-16/h4-8,14-15,17H,9-13H2,1-3H3. The molecule has 2 fully saturated rings. The number of hydrogen-bond donors (Lipinski definition) is 0. The third-order valence-corrected chi connectivity index (χ3v) is 4.89. The van der Waals surface area contributed by atoms with Crippen LogP contribution >= 0.6 is 0 Å². The smallest absolute Gasteiger partial charge is 0.119 e. The van der Waals surface area contributed by atoms with E-state index >= 15 is 0 Å². The summed E-state index contributed by atoms with van der Waals surface area (Å²) in [5.41, 5.74) is 0.375. The van der Waals surface area contributed by atoms with Gasteiger partial charge in [-0.3, -0.25) is 4.90 Å². The van der Waals surface area contributed by atoms with Gasteiger partial charge in [0.2, 0.25) is 0 Å². The molecule has 1 heterocycles. The molecule has 110 valence electrons. The fourth-order valence-corrected chi connectivity index (χ4v) is 3.63. The van der Waals surface area contributed by atoms with Crippen molar-refractivity contribution in [2.45, 2.75) is 39.7 Å². The number of nitrogens with zero attached hydrogens (tertiary/aromatic N) is 1. The van der Waals surface area contributed by atoms with Gasteiger partial charge in [0, 0.05) is 19.1 Å². The SMILES string of the molecule is CC(C)(C)C1CC2CC2CN1CCOc1ccccc1. The van der Waals surface area contributed by atoms with Gasteiger partial charge in [-0.05, 0) is 42.2 Å². The summed E-state index contributed by atoms with van der Waals surface area (Å²) in [5, 5.41) is 0. The number of fused-ring (bicyclic) bond motifs is 1. The van der Waals surface area contributed by atoms with Gasteiger partial charge in [-0.25, -0.2) is 0 Å². The molecule has 20 heavy (non-hydrogen) atoms. The first-order valence-electron chi connectivity index (χ1n) is 7.96. The lowest BCUT2D eigenvalue weighted by molar-refractivity contribution is 0.0480. The average Bonchev–Trinajstić information content (AvgIpc) is 3.16. The minimum Gasteiger partial charge on any atom is -0.492 e. The Morgan fingerprint density at radius 1 is 1.10 bits per heavy atom. The van der Waals surface area contributed by atoms with Gasteiger partial charge < -0.3 is 4.74 Å². The first kappa shape index (κ1) is 13.9. The normalized spacial score (nSPS) is 29.9. The fraction of sp³-hybridized carbons (Fsp3) is 0.667. The monoisotopic (exact) mass is 273 g/mol. The van der Waals surface area contributed by atoms with Crippen LogP contribution in [0.3, 0.4) is 0 Å². The Morgan fingerprint density at radius 2 is 1.85 bits per heavy atom. The van der Waals surface area contributed by atoms with E-state index in [4.69, 9.17) is 4.74 Å². The van der Waals surface area contributed by atoms with Crippen LogP contribution in [0.15, 0.2) is 30.3 Å². The first-order valence-corrected chi connectivity index (χ1v) is 7.96. The molecule has 0 bridgehead atoms. The molecule has 0 spiro atoms. The molecule has 3 unspecified atom stereocenters. The highest BCUT2D eigenvalue weighted by Crippen LogP contribution is 2.50. The summed E-state index contributed by atoms with van der Waals surface area (Å²) in [5.74, 6) is 2.98. The zero-order valence-corrected chi connectivity index (χ0v) is 13.0. The van der Waals surface area contributed by atoms with Crippen LogP contribution in [0.4, 0.5) is 0 Å². The van der Waals surface area contributed by atoms with Crippen molar-refractivity contribution in [1.29, 1.82) is 0 Å². The van der Waals surface area contributed by atoms with E-state index in [0.717, 1.165) is 30.7 Å². The van der Waals surface area contributed by atoms with Gasteiger partial charge in [-0.2, -0.15) is 0 Å². The van der Waals surface area contributed by atoms with Crippen LogP contribution in [0, 0.1) is 17.3 Å². The highest BCUT2D eigenvalue weighted by molar-refractivity contribution is 5.20. The van der Waals surface area contributed by atoms with Gasteiger partial charge in [0.1, 0.15) is 12.4 Å². The van der Waals surface area contributed by atoms with Crippen molar-refractivity contribution in [2.24, 2.45) is 17.3 Å². The number of hydrogen-bond acceptors (Lipinski definition) is 2. The summed E-state index contributed by atoms with van der Waals surface area (Å²) in [6.45, 7) is 10.3. The van der Waals surface area contributed by atoms with Gasteiger partial charge >= 0.3 is 0 Å². The zero-order valence-electron chi connectivity index (χ0n) is 13.0. The van der Waals surface area contributed by atoms with E-state index in [9.17, 15) is 0 Å². The number of ether oxygens (including phenoxy) is 1. The van der Waals surface area contributed by atoms with E-state index in [1.165, 1.54) is 19.4 Å². The molecule has 1 saturated heterocycles. The quantitative estimate of drug-likeness (QED) is 0.827. The predicted octanol–water partition coefficient (Wildman–Crippen LogP) is 3.82. The number of piperidine rings is 1. The van der Waals surface area contributed by atoms with Crippen LogP contribution in [-0.4, -0.2) is 30.6 Å². The molecule has 0 N–H and O–H groups in total. The summed E-state index contributed by atoms with van der Waals surface area (Å²) >= 11 is 0. The Hall–Kier alpha value is -1.02. The highest BCUT2D eigenvalue weighted by atomic mass is 16.5. The number of rotatable bonds is 4. The third-order valence-electron chi connectivity index (χ3n) is 4.89. The molecular formula is C18H27NO. The molecule has 1 aromatic rings. The zero-order chi connectivity index (χ0) is 14.2. The van der Waals surface area contributed by atoms with E-state index in [2.05, 4.69) is 25.7 Å². The van der Waals surface area contributed by atoms with Gasteiger partial charge in [0.15, 0.2) is 0 Å². The van der Waals surface area contributed by atoms with Crippen molar-refractivity contribution in [3.05, 3.63) is 30.3 Å². The first-order chi connectivity index (χ1) is 9.54. The molecule has 2 nitrogen and oxygen atoms in total. The Bertz CT molecular complexity index is 436. The van der Waals surface area contributed by atoms with Crippen LogP contribution in [-0.2, 0) is 0 Å². The van der Waals surface area contributed by atoms with E-state index < -0.39 is 0 Å². The molecule has 1 saturated carbocycles. The number of likely N-dealkylation sites (tertiary alicyclic amines) is 1. The van der Waals surface area contributed by atoms with Crippen molar-refractivity contribution in [3.63, 3.8) is 0 Å². The van der Waals surface area contributed by atoms with Crippen LogP contribution in [0.5, 0.6) is 5.75 Å². The molecule has 2 heteroatoms. The van der Waals surface area contributed by atoms with E-state index in [1.807, 2.05) is 30.3 Å². The van der Waals surface area contributed by atoms with Gasteiger partial charge in [-0.15, -0.1) is 0 Å². The Kier molecular flexibility index (Phi) is 3.76. The summed E-state index contributed by atoms with van der Waals surface area (Å²) in [6, 6.07) is 10.9. The number of benzene rings is 1. The highest BCUT2D eigenvalue weighted by Gasteiger charge is 2.48. The van der Waals surface area contributed by atoms with E-state index in [1.54, 1.807) is 0 Å². The van der Waals surface area contributed by atoms with Crippen LogP contribution < -0.4 is 4.74 Å². The molecule has 3 atom stereocenters. The maximum Gasteiger partial charge on any atom is 0.119 e. The minimum absolute atomic E-state index is 0.375. The lowest BCUT2D eigenvalue weighted by atomic mass is 9.80. The molecule has 1 aromatic carbocycles. The van der Waals surface area contributed by atoms with Crippen LogP contribution in [0.25, 0.3) is 0 Å². The summed E-state index contributed by atoms with van der Waals surface area (Å²) in [7, 11) is 0. The molecule has 1 aliphatic heterocycles. The number of para-hydroxylation sites is 1. The Balaban J connectivity index is 1.54. The van der Waals surface area contributed by atoms with E-state index in [-0.39, 0.29) is 0 Å². The largest absolute Gasteiger partial charge is 0.492 e. The maximum absolute atomic E-state index is 5.88. The molecule has 2 aliphatic rings. The molecule has 0 amide bonds. The summed E-state index contributed by atoms with van der Waals surface area (Å²) < 4.78 is 5.88. The van der Waals surface area contributed by atoms with E-state index in [0.29, 0.717) is 11.5 Å². The van der Waals surface area contributed by atoms with Crippen molar-refractivity contribution in [3.8, 4) is 5.75 Å². The third kappa shape index (κ3) is 3.17. The van der Waals surface area contributed by atoms with Gasteiger partial charge in [0.05, 0.1) is 0 Å². The maximum atomic E-state index is 5.88. The Labute approximate surface area is 123 Å². The molecule has 0 aromatic heterocycles. The molecule has 1 aliphatic carbocycles. The topological polar surface area (TPSA) is 12.5 Å². The van der Waals surface area contributed by atoms with Gasteiger partial charge in [0.25, 0.3) is 0 Å². The lowest BCUT2D eigenvalue weighted by Gasteiger charge is -2.43. The molecule has 3 rings (SSSR count). The second-order valence-electron chi connectivity index (χ2n) is 7.53. The lowest BCUT2D eigenvalue weighted by Crippen LogP contribution is -2.49. The second kappa shape index (κ2) is 5.40. The van der Waals surface area contributed by atoms with Crippen LogP contribution in [0.2, 0.25) is 0 Å². The average molecular weight is 273 g/mol. The molecule has 0 radical (unpaired) electrons. The van der Waals surface area contributed by atoms with Crippen LogP contribution in [0.1, 0.15) is 33.6 Å². The Morgan fingerprint density at radius 3 is 2.55 bits per heavy atom. The van der Waals surface area contributed by atoms with Gasteiger partial charge in [-0.1, -0.05) is 39.0 Å².